The van der Waals surface area contributed by atoms with Gasteiger partial charge in [-0.1, -0.05) is 0 Å². The highest BCUT2D eigenvalue weighted by Crippen LogP contribution is 2.25. The van der Waals surface area contributed by atoms with Crippen molar-refractivity contribution in [2.75, 3.05) is 32.7 Å². The van der Waals surface area contributed by atoms with Crippen LogP contribution >= 0.6 is 27.3 Å². The summed E-state index contributed by atoms with van der Waals surface area (Å²) in [6, 6.07) is -0.0557. The van der Waals surface area contributed by atoms with Crippen LogP contribution in [0.4, 0.5) is 13.2 Å². The van der Waals surface area contributed by atoms with Crippen LogP contribution in [0.3, 0.4) is 0 Å². The Bertz CT molecular complexity index is 488. The van der Waals surface area contributed by atoms with E-state index in [2.05, 4.69) is 26.6 Å². The van der Waals surface area contributed by atoms with E-state index >= 15 is 0 Å². The Morgan fingerprint density at radius 3 is 2.67 bits per heavy atom. The molecule has 21 heavy (non-hydrogen) atoms. The molecule has 1 fully saturated rings. The lowest BCUT2D eigenvalue weighted by Gasteiger charge is -2.35. The molecule has 1 saturated heterocycles. The lowest BCUT2D eigenvalue weighted by molar-refractivity contribution is -0.183. The molecule has 2 rings (SSSR count). The fraction of sp³-hybridized carbons (Fsp3) is 0.583. The summed E-state index contributed by atoms with van der Waals surface area (Å²) in [4.78, 5) is 13.6. The largest absolute Gasteiger partial charge is 0.405 e. The fourth-order valence-corrected chi connectivity index (χ4v) is 3.50. The van der Waals surface area contributed by atoms with Gasteiger partial charge in [-0.15, -0.1) is 11.3 Å². The minimum atomic E-state index is -4.36. The van der Waals surface area contributed by atoms with Crippen molar-refractivity contribution in [2.45, 2.75) is 12.2 Å². The van der Waals surface area contributed by atoms with Crippen LogP contribution in [0.15, 0.2) is 15.9 Å². The molecule has 118 valence electrons. The Morgan fingerprint density at radius 1 is 1.48 bits per heavy atom. The molecule has 2 heterocycles. The van der Waals surface area contributed by atoms with Crippen molar-refractivity contribution in [3.05, 3.63) is 20.8 Å². The van der Waals surface area contributed by atoms with Crippen LogP contribution in [0.5, 0.6) is 0 Å². The zero-order valence-electron chi connectivity index (χ0n) is 11.0. The number of halogens is 4. The number of rotatable bonds is 4. The monoisotopic (exact) mass is 385 g/mol. The first kappa shape index (κ1) is 16.7. The second kappa shape index (κ2) is 7.08. The topological polar surface area (TPSA) is 44.4 Å². The van der Waals surface area contributed by atoms with Crippen molar-refractivity contribution in [3.8, 4) is 0 Å². The molecule has 0 aliphatic carbocycles. The summed E-state index contributed by atoms with van der Waals surface area (Å²) in [6.07, 6.45) is -4.36. The third-order valence-corrected chi connectivity index (χ3v) is 4.91. The molecule has 4 nitrogen and oxygen atoms in total. The van der Waals surface area contributed by atoms with Crippen LogP contribution in [-0.4, -0.2) is 55.7 Å². The quantitative estimate of drug-likeness (QED) is 0.833. The molecular formula is C12H15BrF3N3OS. The SMILES string of the molecule is O=C(NCC(N1CCNCC1)C(F)(F)F)c1cc(Br)cs1. The highest BCUT2D eigenvalue weighted by atomic mass is 79.9. The molecule has 1 aromatic rings. The molecule has 1 amide bonds. The van der Waals surface area contributed by atoms with Crippen molar-refractivity contribution >= 4 is 33.2 Å². The zero-order chi connectivity index (χ0) is 15.5. The molecule has 0 aromatic carbocycles. The number of hydrogen-bond acceptors (Lipinski definition) is 4. The standard InChI is InChI=1S/C12H15BrF3N3OS/c13-8-5-9(21-7-8)11(20)18-6-10(12(14,15)16)19-3-1-17-2-4-19/h5,7,10,17H,1-4,6H2,(H,18,20). The van der Waals surface area contributed by atoms with Crippen LogP contribution in [-0.2, 0) is 0 Å². The van der Waals surface area contributed by atoms with Gasteiger partial charge in [0.15, 0.2) is 0 Å². The summed E-state index contributed by atoms with van der Waals surface area (Å²) >= 11 is 4.40. The molecule has 9 heteroatoms. The van der Waals surface area contributed by atoms with Gasteiger partial charge >= 0.3 is 6.18 Å². The fourth-order valence-electron chi connectivity index (χ4n) is 2.15. The van der Waals surface area contributed by atoms with Crippen LogP contribution in [0.1, 0.15) is 9.67 Å². The van der Waals surface area contributed by atoms with Crippen molar-refractivity contribution < 1.29 is 18.0 Å². The second-order valence-corrected chi connectivity index (χ2v) is 6.51. The number of nitrogens with zero attached hydrogens (tertiary/aromatic N) is 1. The van der Waals surface area contributed by atoms with Gasteiger partial charge in [0, 0.05) is 42.6 Å². The summed E-state index contributed by atoms with van der Waals surface area (Å²) < 4.78 is 40.2. The molecule has 1 aliphatic heterocycles. The maximum Gasteiger partial charge on any atom is 0.405 e. The predicted octanol–water partition coefficient (Wildman–Crippen LogP) is 2.08. The van der Waals surface area contributed by atoms with E-state index in [-0.39, 0.29) is 0 Å². The number of carbonyl (C=O) groups is 1. The highest BCUT2D eigenvalue weighted by Gasteiger charge is 2.43. The minimum Gasteiger partial charge on any atom is -0.349 e. The van der Waals surface area contributed by atoms with Gasteiger partial charge in [-0.2, -0.15) is 13.2 Å². The van der Waals surface area contributed by atoms with Gasteiger partial charge < -0.3 is 10.6 Å². The maximum absolute atomic E-state index is 13.1. The van der Waals surface area contributed by atoms with E-state index in [1.807, 2.05) is 0 Å². The molecule has 2 N–H and O–H groups in total. The number of amides is 1. The number of thiophene rings is 1. The van der Waals surface area contributed by atoms with Crippen molar-refractivity contribution in [3.63, 3.8) is 0 Å². The summed E-state index contributed by atoms with van der Waals surface area (Å²) in [6.45, 7) is 1.27. The number of alkyl halides is 3. The van der Waals surface area contributed by atoms with Crippen molar-refractivity contribution in [1.29, 1.82) is 0 Å². The lowest BCUT2D eigenvalue weighted by atomic mass is 10.2. The summed E-state index contributed by atoms with van der Waals surface area (Å²) in [5.74, 6) is -0.477. The summed E-state index contributed by atoms with van der Waals surface area (Å²) in [7, 11) is 0. The van der Waals surface area contributed by atoms with Crippen LogP contribution < -0.4 is 10.6 Å². The van der Waals surface area contributed by atoms with Gasteiger partial charge in [0.1, 0.15) is 6.04 Å². The van der Waals surface area contributed by atoms with E-state index in [0.717, 1.165) is 4.47 Å². The van der Waals surface area contributed by atoms with Gasteiger partial charge in [0.25, 0.3) is 5.91 Å². The molecule has 0 radical (unpaired) electrons. The number of piperazine rings is 1. The third kappa shape index (κ3) is 4.67. The smallest absolute Gasteiger partial charge is 0.349 e. The molecule has 0 bridgehead atoms. The van der Waals surface area contributed by atoms with Gasteiger partial charge in [-0.3, -0.25) is 9.69 Å². The van der Waals surface area contributed by atoms with Crippen LogP contribution in [0.2, 0.25) is 0 Å². The molecular weight excluding hydrogens is 371 g/mol. The van der Waals surface area contributed by atoms with E-state index in [9.17, 15) is 18.0 Å². The number of nitrogens with one attached hydrogen (secondary N) is 2. The van der Waals surface area contributed by atoms with E-state index in [4.69, 9.17) is 0 Å². The summed E-state index contributed by atoms with van der Waals surface area (Å²) in [5.41, 5.74) is 0. The summed E-state index contributed by atoms with van der Waals surface area (Å²) in [5, 5.41) is 7.11. The highest BCUT2D eigenvalue weighted by molar-refractivity contribution is 9.10. The first-order valence-corrected chi connectivity index (χ1v) is 8.09. The third-order valence-electron chi connectivity index (χ3n) is 3.22. The molecule has 1 unspecified atom stereocenters. The lowest BCUT2D eigenvalue weighted by Crippen LogP contribution is -2.57. The average Bonchev–Trinajstić information content (AvgIpc) is 2.85. The van der Waals surface area contributed by atoms with Crippen LogP contribution in [0, 0.1) is 0 Å². The molecule has 1 aromatic heterocycles. The number of hydrogen-bond donors (Lipinski definition) is 2. The average molecular weight is 386 g/mol. The first-order chi connectivity index (χ1) is 9.88. The predicted molar refractivity (Wildman–Crippen MR) is 78.6 cm³/mol. The Balaban J connectivity index is 1.97. The van der Waals surface area contributed by atoms with E-state index in [1.54, 1.807) is 11.4 Å². The van der Waals surface area contributed by atoms with Gasteiger partial charge in [0.05, 0.1) is 4.88 Å². The minimum absolute atomic E-state index is 0.324. The van der Waals surface area contributed by atoms with Crippen molar-refractivity contribution in [1.82, 2.24) is 15.5 Å². The normalized spacial score (nSPS) is 18.5. The van der Waals surface area contributed by atoms with E-state index in [0.29, 0.717) is 31.1 Å². The van der Waals surface area contributed by atoms with Crippen LogP contribution in [0.25, 0.3) is 0 Å². The Labute approximate surface area is 132 Å². The first-order valence-electron chi connectivity index (χ1n) is 6.41. The molecule has 1 aliphatic rings. The Hall–Kier alpha value is -0.640. The molecule has 1 atom stereocenters. The van der Waals surface area contributed by atoms with Crippen molar-refractivity contribution in [2.24, 2.45) is 0 Å². The maximum atomic E-state index is 13.1. The van der Waals surface area contributed by atoms with Gasteiger partial charge in [-0.25, -0.2) is 0 Å². The number of carbonyl (C=O) groups excluding carboxylic acids is 1. The van der Waals surface area contributed by atoms with E-state index in [1.165, 1.54) is 16.2 Å². The zero-order valence-corrected chi connectivity index (χ0v) is 13.4. The second-order valence-electron chi connectivity index (χ2n) is 4.68. The molecule has 0 spiro atoms. The van der Waals surface area contributed by atoms with Gasteiger partial charge in [-0.05, 0) is 22.0 Å². The Morgan fingerprint density at radius 2 is 2.14 bits per heavy atom. The van der Waals surface area contributed by atoms with E-state index < -0.39 is 24.7 Å². The Kier molecular flexibility index (Phi) is 5.64. The molecule has 0 saturated carbocycles. The van der Waals surface area contributed by atoms with Gasteiger partial charge in [0.2, 0.25) is 0 Å².